The minimum Gasteiger partial charge on any atom is -0.308 e. The molecule has 0 unspecified atom stereocenters. The molecule has 9 heteroatoms. The van der Waals surface area contributed by atoms with Gasteiger partial charge in [0.25, 0.3) is 0 Å². The first-order valence-electron chi connectivity index (χ1n) is 19.9. The van der Waals surface area contributed by atoms with Crippen LogP contribution in [0.4, 0.5) is 0 Å². The number of aromatic nitrogens is 5. The van der Waals surface area contributed by atoms with Gasteiger partial charge in [-0.1, -0.05) is 97.1 Å². The van der Waals surface area contributed by atoms with Gasteiger partial charge in [0.15, 0.2) is 17.5 Å². The Hall–Kier alpha value is -9.54. The van der Waals surface area contributed by atoms with Crippen LogP contribution in [-0.2, 0) is 0 Å². The van der Waals surface area contributed by atoms with Crippen molar-refractivity contribution < 1.29 is 0 Å². The first-order chi connectivity index (χ1) is 31.0. The Morgan fingerprint density at radius 1 is 0.365 bits per heavy atom. The molecular formula is C54H29N9. The SMILES string of the molecule is N#Cc1cc(C#N)cc(-c2ccc3c4ccc(-c5cc(C#N)cc(C#N)c5)cc4n(-c4ccc(-c5cccnc5)cc4-c4nc(-c5ccccc5)nc(-c5ccccc5)n4)c3c2)c1. The van der Waals surface area contributed by atoms with Crippen molar-refractivity contribution in [3.8, 4) is 97.5 Å². The van der Waals surface area contributed by atoms with Crippen molar-refractivity contribution in [3.63, 3.8) is 0 Å². The summed E-state index contributed by atoms with van der Waals surface area (Å²) in [7, 11) is 0. The molecule has 0 bridgehead atoms. The highest BCUT2D eigenvalue weighted by atomic mass is 15.1. The maximum atomic E-state index is 9.88. The second-order valence-electron chi connectivity index (χ2n) is 14.9. The lowest BCUT2D eigenvalue weighted by Gasteiger charge is -2.17. The van der Waals surface area contributed by atoms with Crippen LogP contribution in [0.2, 0.25) is 0 Å². The summed E-state index contributed by atoms with van der Waals surface area (Å²) in [6.07, 6.45) is 3.57. The van der Waals surface area contributed by atoms with Crippen LogP contribution in [0.5, 0.6) is 0 Å². The average molecular weight is 804 g/mol. The summed E-state index contributed by atoms with van der Waals surface area (Å²) in [5.41, 5.74) is 11.3. The van der Waals surface area contributed by atoms with Crippen molar-refractivity contribution in [2.75, 3.05) is 0 Å². The Kier molecular flexibility index (Phi) is 9.52. The fourth-order valence-electron chi connectivity index (χ4n) is 8.04. The van der Waals surface area contributed by atoms with E-state index in [0.717, 1.165) is 77.6 Å². The van der Waals surface area contributed by atoms with Crippen molar-refractivity contribution in [2.45, 2.75) is 0 Å². The number of fused-ring (bicyclic) bond motifs is 3. The van der Waals surface area contributed by atoms with E-state index in [1.165, 1.54) is 0 Å². The van der Waals surface area contributed by atoms with E-state index in [9.17, 15) is 21.0 Å². The van der Waals surface area contributed by atoms with Crippen molar-refractivity contribution in [2.24, 2.45) is 0 Å². The lowest BCUT2D eigenvalue weighted by molar-refractivity contribution is 1.06. The summed E-state index contributed by atoms with van der Waals surface area (Å²) < 4.78 is 2.19. The molecule has 0 saturated carbocycles. The van der Waals surface area contributed by atoms with Crippen molar-refractivity contribution in [1.82, 2.24) is 24.5 Å². The van der Waals surface area contributed by atoms with Gasteiger partial charge in [0.05, 0.1) is 63.3 Å². The molecule has 290 valence electrons. The van der Waals surface area contributed by atoms with Gasteiger partial charge in [-0.25, -0.2) is 15.0 Å². The molecule has 0 fully saturated rings. The van der Waals surface area contributed by atoms with Crippen LogP contribution in [-0.4, -0.2) is 24.5 Å². The lowest BCUT2D eigenvalue weighted by atomic mass is 9.98. The average Bonchev–Trinajstić information content (AvgIpc) is 3.69. The molecule has 0 aliphatic carbocycles. The summed E-state index contributed by atoms with van der Waals surface area (Å²) in [5, 5.41) is 41.4. The van der Waals surface area contributed by atoms with Gasteiger partial charge < -0.3 is 4.57 Å². The fraction of sp³-hybridized carbons (Fsp3) is 0. The summed E-state index contributed by atoms with van der Waals surface area (Å²) >= 11 is 0. The molecular weight excluding hydrogens is 775 g/mol. The van der Waals surface area contributed by atoms with E-state index < -0.39 is 0 Å². The second-order valence-corrected chi connectivity index (χ2v) is 14.9. The van der Waals surface area contributed by atoms with Crippen LogP contribution in [0.1, 0.15) is 22.3 Å². The van der Waals surface area contributed by atoms with Gasteiger partial charge >= 0.3 is 0 Å². The lowest BCUT2D eigenvalue weighted by Crippen LogP contribution is -2.04. The maximum Gasteiger partial charge on any atom is 0.166 e. The number of nitrogens with zero attached hydrogens (tertiary/aromatic N) is 9. The van der Waals surface area contributed by atoms with Gasteiger partial charge in [-0.3, -0.25) is 4.98 Å². The smallest absolute Gasteiger partial charge is 0.166 e. The van der Waals surface area contributed by atoms with Crippen LogP contribution < -0.4 is 0 Å². The number of hydrogen-bond donors (Lipinski definition) is 0. The summed E-state index contributed by atoms with van der Waals surface area (Å²) in [6.45, 7) is 0. The van der Waals surface area contributed by atoms with Crippen LogP contribution in [0.15, 0.2) is 176 Å². The monoisotopic (exact) mass is 803 g/mol. The van der Waals surface area contributed by atoms with E-state index in [1.807, 2.05) is 91.1 Å². The molecule has 3 aromatic heterocycles. The molecule has 0 atom stereocenters. The molecule has 0 aliphatic rings. The zero-order chi connectivity index (χ0) is 42.9. The third kappa shape index (κ3) is 7.07. The molecule has 0 N–H and O–H groups in total. The summed E-state index contributed by atoms with van der Waals surface area (Å²) in [5.74, 6) is 1.48. The van der Waals surface area contributed by atoms with Crippen LogP contribution >= 0.6 is 0 Å². The third-order valence-corrected chi connectivity index (χ3v) is 11.0. The Balaban J connectivity index is 1.31. The molecule has 9 nitrogen and oxygen atoms in total. The van der Waals surface area contributed by atoms with Crippen LogP contribution in [0, 0.1) is 45.3 Å². The van der Waals surface area contributed by atoms with E-state index in [1.54, 1.807) is 42.6 Å². The first-order valence-corrected chi connectivity index (χ1v) is 19.9. The Labute approximate surface area is 362 Å². The van der Waals surface area contributed by atoms with Crippen molar-refractivity contribution in [3.05, 3.63) is 198 Å². The van der Waals surface area contributed by atoms with Gasteiger partial charge in [-0.2, -0.15) is 21.0 Å². The van der Waals surface area contributed by atoms with Crippen LogP contribution in [0.3, 0.4) is 0 Å². The van der Waals surface area contributed by atoms with E-state index in [4.69, 9.17) is 15.0 Å². The summed E-state index contributed by atoms with van der Waals surface area (Å²) in [4.78, 5) is 19.8. The Bertz CT molecular complexity index is 3350. The molecule has 0 saturated heterocycles. The topological polar surface area (TPSA) is 152 Å². The molecule has 10 rings (SSSR count). The molecule has 0 spiro atoms. The zero-order valence-electron chi connectivity index (χ0n) is 33.3. The van der Waals surface area contributed by atoms with Gasteiger partial charge in [0, 0.05) is 45.4 Å². The molecule has 10 aromatic rings. The van der Waals surface area contributed by atoms with Crippen molar-refractivity contribution in [1.29, 1.82) is 21.0 Å². The van der Waals surface area contributed by atoms with E-state index >= 15 is 0 Å². The number of rotatable bonds is 7. The highest BCUT2D eigenvalue weighted by molar-refractivity contribution is 6.11. The Morgan fingerprint density at radius 3 is 1.27 bits per heavy atom. The Morgan fingerprint density at radius 2 is 0.810 bits per heavy atom. The first kappa shape index (κ1) is 37.7. The number of pyridine rings is 1. The van der Waals surface area contributed by atoms with Gasteiger partial charge in [0.1, 0.15) is 0 Å². The number of nitriles is 4. The van der Waals surface area contributed by atoms with Gasteiger partial charge in [-0.05, 0) is 94.5 Å². The molecule has 0 radical (unpaired) electrons. The highest BCUT2D eigenvalue weighted by Crippen LogP contribution is 2.41. The van der Waals surface area contributed by atoms with Crippen LogP contribution in [0.25, 0.3) is 95.0 Å². The molecule has 7 aromatic carbocycles. The minimum atomic E-state index is 0.386. The largest absolute Gasteiger partial charge is 0.308 e. The van der Waals surface area contributed by atoms with E-state index in [2.05, 4.69) is 76.3 Å². The quantitative estimate of drug-likeness (QED) is 0.154. The van der Waals surface area contributed by atoms with E-state index in [0.29, 0.717) is 39.7 Å². The fourth-order valence-corrected chi connectivity index (χ4v) is 8.04. The maximum absolute atomic E-state index is 9.88. The van der Waals surface area contributed by atoms with Gasteiger partial charge in [0.2, 0.25) is 0 Å². The van der Waals surface area contributed by atoms with E-state index in [-0.39, 0.29) is 0 Å². The van der Waals surface area contributed by atoms with Gasteiger partial charge in [-0.15, -0.1) is 0 Å². The second kappa shape index (κ2) is 15.9. The highest BCUT2D eigenvalue weighted by Gasteiger charge is 2.22. The van der Waals surface area contributed by atoms with Crippen molar-refractivity contribution >= 4 is 21.8 Å². The summed E-state index contributed by atoms with van der Waals surface area (Å²) in [6, 6.07) is 61.2. The molecule has 0 amide bonds. The molecule has 63 heavy (non-hydrogen) atoms. The predicted molar refractivity (Wildman–Crippen MR) is 243 cm³/mol. The number of hydrogen-bond acceptors (Lipinski definition) is 8. The third-order valence-electron chi connectivity index (χ3n) is 11.0. The standard InChI is InChI=1S/C54H29N9/c55-29-34-20-35(30-56)23-44(22-34)41-13-16-46-47-17-14-42(45-24-36(31-57)21-37(25-45)32-58)28-51(47)63(50(46)27-41)49-18-15-40(43-12-7-19-59-33-43)26-48(49)54-61-52(38-8-3-1-4-9-38)60-53(62-54)39-10-5-2-6-11-39/h1-28,33H. The predicted octanol–water partition coefficient (Wildman–Crippen LogP) is 11.9. The molecule has 0 aliphatic heterocycles. The normalized spacial score (nSPS) is 10.8. The molecule has 3 heterocycles. The minimum absolute atomic E-state index is 0.386. The zero-order valence-corrected chi connectivity index (χ0v) is 33.3. The number of benzene rings is 7.